The summed E-state index contributed by atoms with van der Waals surface area (Å²) in [6.45, 7) is 6.65. The molecule has 1 fully saturated rings. The van der Waals surface area contributed by atoms with Gasteiger partial charge in [-0.25, -0.2) is 18.1 Å². The van der Waals surface area contributed by atoms with Gasteiger partial charge >= 0.3 is 0 Å². The van der Waals surface area contributed by atoms with Gasteiger partial charge in [0.15, 0.2) is 0 Å². The molecular weight excluding hydrogens is 430 g/mol. The van der Waals surface area contributed by atoms with Crippen molar-refractivity contribution in [2.75, 3.05) is 44.2 Å². The molecule has 0 spiro atoms. The highest BCUT2D eigenvalue weighted by Crippen LogP contribution is 2.20. The lowest BCUT2D eigenvalue weighted by Crippen LogP contribution is -2.48. The SMILES string of the molecule is Cc1ccc(Cc2nsc(N3CCN(CCNS(=O)(=O)c4ccccc4)CC3)n2)cc1. The van der Waals surface area contributed by atoms with Crippen molar-refractivity contribution in [3.05, 3.63) is 71.5 Å². The number of hydrogen-bond donors (Lipinski definition) is 1. The Bertz CT molecular complexity index is 1080. The molecule has 0 atom stereocenters. The maximum atomic E-state index is 12.3. The highest BCUT2D eigenvalue weighted by atomic mass is 32.2. The lowest BCUT2D eigenvalue weighted by molar-refractivity contribution is 0.262. The molecule has 0 unspecified atom stereocenters. The summed E-state index contributed by atoms with van der Waals surface area (Å²) in [7, 11) is -3.44. The first-order valence-corrected chi connectivity index (χ1v) is 12.7. The summed E-state index contributed by atoms with van der Waals surface area (Å²) in [5, 5.41) is 0.964. The van der Waals surface area contributed by atoms with E-state index in [0.717, 1.165) is 43.6 Å². The van der Waals surface area contributed by atoms with Crippen molar-refractivity contribution >= 4 is 26.7 Å². The van der Waals surface area contributed by atoms with E-state index in [9.17, 15) is 8.42 Å². The van der Waals surface area contributed by atoms with Gasteiger partial charge in [0.1, 0.15) is 5.82 Å². The van der Waals surface area contributed by atoms with Crippen molar-refractivity contribution in [2.24, 2.45) is 0 Å². The molecule has 1 aromatic heterocycles. The second kappa shape index (κ2) is 9.86. The quantitative estimate of drug-likeness (QED) is 0.560. The maximum absolute atomic E-state index is 12.3. The Morgan fingerprint density at radius 1 is 1.00 bits per heavy atom. The zero-order valence-electron chi connectivity index (χ0n) is 17.6. The first kappa shape index (κ1) is 21.9. The monoisotopic (exact) mass is 457 g/mol. The summed E-state index contributed by atoms with van der Waals surface area (Å²) < 4.78 is 31.8. The number of nitrogens with one attached hydrogen (secondary N) is 1. The number of piperazine rings is 1. The molecule has 1 N–H and O–H groups in total. The smallest absolute Gasteiger partial charge is 0.240 e. The molecule has 9 heteroatoms. The molecule has 1 saturated heterocycles. The first-order valence-electron chi connectivity index (χ1n) is 10.4. The van der Waals surface area contributed by atoms with Gasteiger partial charge in [0.2, 0.25) is 15.2 Å². The number of hydrogen-bond acceptors (Lipinski definition) is 7. The normalized spacial score (nSPS) is 15.3. The number of benzene rings is 2. The third kappa shape index (κ3) is 5.88. The van der Waals surface area contributed by atoms with Crippen molar-refractivity contribution in [1.82, 2.24) is 19.0 Å². The fourth-order valence-corrected chi connectivity index (χ4v) is 5.30. The summed E-state index contributed by atoms with van der Waals surface area (Å²) >= 11 is 1.45. The Balaban J connectivity index is 1.23. The molecule has 31 heavy (non-hydrogen) atoms. The molecule has 164 valence electrons. The molecule has 0 bridgehead atoms. The Morgan fingerprint density at radius 2 is 1.71 bits per heavy atom. The Labute approximate surface area is 188 Å². The number of aromatic nitrogens is 2. The summed E-state index contributed by atoms with van der Waals surface area (Å²) in [6.07, 6.45) is 0.748. The molecule has 0 aliphatic carbocycles. The van der Waals surface area contributed by atoms with E-state index in [2.05, 4.69) is 50.1 Å². The predicted octanol–water partition coefficient (Wildman–Crippen LogP) is 2.54. The lowest BCUT2D eigenvalue weighted by Gasteiger charge is -2.34. The minimum Gasteiger partial charge on any atom is -0.344 e. The van der Waals surface area contributed by atoms with E-state index in [1.54, 1.807) is 24.3 Å². The Kier molecular flexibility index (Phi) is 6.96. The molecule has 1 aliphatic rings. The largest absolute Gasteiger partial charge is 0.344 e. The van der Waals surface area contributed by atoms with Gasteiger partial charge in [-0.15, -0.1) is 0 Å². The van der Waals surface area contributed by atoms with Crippen molar-refractivity contribution < 1.29 is 8.42 Å². The van der Waals surface area contributed by atoms with Crippen molar-refractivity contribution in [3.8, 4) is 0 Å². The number of rotatable bonds is 8. The first-order chi connectivity index (χ1) is 15.0. The minimum absolute atomic E-state index is 0.303. The number of sulfonamides is 1. The third-order valence-corrected chi connectivity index (χ3v) is 7.65. The zero-order chi connectivity index (χ0) is 21.7. The lowest BCUT2D eigenvalue weighted by atomic mass is 10.1. The highest BCUT2D eigenvalue weighted by Gasteiger charge is 2.21. The third-order valence-electron chi connectivity index (χ3n) is 5.36. The van der Waals surface area contributed by atoms with E-state index in [0.29, 0.717) is 18.0 Å². The summed E-state index contributed by atoms with van der Waals surface area (Å²) in [5.74, 6) is 0.863. The summed E-state index contributed by atoms with van der Waals surface area (Å²) in [4.78, 5) is 9.57. The van der Waals surface area contributed by atoms with Crippen LogP contribution >= 0.6 is 11.5 Å². The highest BCUT2D eigenvalue weighted by molar-refractivity contribution is 7.89. The van der Waals surface area contributed by atoms with Crippen molar-refractivity contribution in [3.63, 3.8) is 0 Å². The van der Waals surface area contributed by atoms with Gasteiger partial charge in [-0.1, -0.05) is 48.0 Å². The van der Waals surface area contributed by atoms with E-state index >= 15 is 0 Å². The molecular formula is C22H27N5O2S2. The average Bonchev–Trinajstić information content (AvgIpc) is 3.25. The van der Waals surface area contributed by atoms with Gasteiger partial charge < -0.3 is 4.90 Å². The molecule has 7 nitrogen and oxygen atoms in total. The molecule has 0 amide bonds. The van der Waals surface area contributed by atoms with Crippen LogP contribution in [0.3, 0.4) is 0 Å². The van der Waals surface area contributed by atoms with Gasteiger partial charge in [-0.2, -0.15) is 4.37 Å². The maximum Gasteiger partial charge on any atom is 0.240 e. The molecule has 3 aromatic rings. The Hall–Kier alpha value is -2.33. The van der Waals surface area contributed by atoms with Crippen LogP contribution in [0.5, 0.6) is 0 Å². The second-order valence-electron chi connectivity index (χ2n) is 7.70. The fourth-order valence-electron chi connectivity index (χ4n) is 3.52. The van der Waals surface area contributed by atoms with Crippen molar-refractivity contribution in [2.45, 2.75) is 18.2 Å². The van der Waals surface area contributed by atoms with Crippen LogP contribution < -0.4 is 9.62 Å². The van der Waals surface area contributed by atoms with Crippen LogP contribution in [-0.4, -0.2) is 61.9 Å². The average molecular weight is 458 g/mol. The van der Waals surface area contributed by atoms with Gasteiger partial charge in [0.05, 0.1) is 4.90 Å². The molecule has 2 aromatic carbocycles. The number of anilines is 1. The van der Waals surface area contributed by atoms with Gasteiger partial charge in [0, 0.05) is 57.2 Å². The minimum atomic E-state index is -3.44. The topological polar surface area (TPSA) is 78.4 Å². The van der Waals surface area contributed by atoms with Crippen LogP contribution in [0.2, 0.25) is 0 Å². The molecule has 0 radical (unpaired) electrons. The summed E-state index contributed by atoms with van der Waals surface area (Å²) in [5.41, 5.74) is 2.47. The van der Waals surface area contributed by atoms with Gasteiger partial charge in [-0.05, 0) is 24.6 Å². The van der Waals surface area contributed by atoms with E-state index in [1.165, 1.54) is 22.7 Å². The number of aryl methyl sites for hydroxylation is 1. The van der Waals surface area contributed by atoms with E-state index in [-0.39, 0.29) is 0 Å². The zero-order valence-corrected chi connectivity index (χ0v) is 19.2. The van der Waals surface area contributed by atoms with Gasteiger partial charge in [0.25, 0.3) is 0 Å². The van der Waals surface area contributed by atoms with Crippen LogP contribution in [-0.2, 0) is 16.4 Å². The van der Waals surface area contributed by atoms with Crippen LogP contribution in [0.25, 0.3) is 0 Å². The van der Waals surface area contributed by atoms with E-state index in [4.69, 9.17) is 4.98 Å². The molecule has 4 rings (SSSR count). The molecule has 2 heterocycles. The molecule has 0 saturated carbocycles. The van der Waals surface area contributed by atoms with E-state index < -0.39 is 10.0 Å². The molecule has 1 aliphatic heterocycles. The van der Waals surface area contributed by atoms with Crippen molar-refractivity contribution in [1.29, 1.82) is 0 Å². The van der Waals surface area contributed by atoms with Crippen LogP contribution in [0, 0.1) is 6.92 Å². The van der Waals surface area contributed by atoms with Crippen LogP contribution in [0.15, 0.2) is 59.5 Å². The summed E-state index contributed by atoms with van der Waals surface area (Å²) in [6, 6.07) is 17.0. The van der Waals surface area contributed by atoms with Gasteiger partial charge in [-0.3, -0.25) is 4.90 Å². The second-order valence-corrected chi connectivity index (χ2v) is 10.2. The van der Waals surface area contributed by atoms with Crippen LogP contribution in [0.4, 0.5) is 5.13 Å². The standard InChI is InChI=1S/C22H27N5O2S2/c1-18-7-9-19(10-8-18)17-21-24-22(30-25-21)27-15-13-26(14-16-27)12-11-23-31(28,29)20-5-3-2-4-6-20/h2-10,23H,11-17H2,1H3. The predicted molar refractivity (Wildman–Crippen MR) is 124 cm³/mol. The fraction of sp³-hybridized carbons (Fsp3) is 0.364. The number of nitrogens with zero attached hydrogens (tertiary/aromatic N) is 4. The van der Waals surface area contributed by atoms with Crippen LogP contribution in [0.1, 0.15) is 17.0 Å². The van der Waals surface area contributed by atoms with E-state index in [1.807, 2.05) is 6.07 Å². The Morgan fingerprint density at radius 3 is 2.42 bits per heavy atom.